The highest BCUT2D eigenvalue weighted by atomic mass is 19.1. The van der Waals surface area contributed by atoms with Gasteiger partial charge in [-0.05, 0) is 60.7 Å². The largest absolute Gasteiger partial charge is 0.271 e. The number of nitrogens with one attached hydrogen (secondary N) is 1. The van der Waals surface area contributed by atoms with E-state index in [9.17, 15) is 4.39 Å². The molecule has 0 heterocycles. The van der Waals surface area contributed by atoms with Gasteiger partial charge in [-0.25, -0.2) is 9.82 Å². The molecule has 0 aliphatic carbocycles. The Kier molecular flexibility index (Phi) is 3.98. The second-order valence-electron chi connectivity index (χ2n) is 4.89. The zero-order valence-electron chi connectivity index (χ0n) is 11.5. The predicted molar refractivity (Wildman–Crippen MR) is 76.2 cm³/mol. The van der Waals surface area contributed by atoms with Crippen molar-refractivity contribution in [1.29, 1.82) is 0 Å². The van der Waals surface area contributed by atoms with Crippen LogP contribution in [0.15, 0.2) is 36.4 Å². The standard InChI is InChI=1S/C16H19FN2/c1-10-5-4-6-14(12(10)3)16(19-18)15-9-13(17)8-7-11(15)2/h4-9,16,19H,18H2,1-3H3. The van der Waals surface area contributed by atoms with Gasteiger partial charge in [-0.1, -0.05) is 24.3 Å². The number of hydrogen-bond acceptors (Lipinski definition) is 2. The number of hydrazine groups is 1. The molecular weight excluding hydrogens is 239 g/mol. The van der Waals surface area contributed by atoms with Crippen LogP contribution < -0.4 is 11.3 Å². The zero-order valence-corrected chi connectivity index (χ0v) is 11.5. The lowest BCUT2D eigenvalue weighted by Crippen LogP contribution is -2.30. The maximum Gasteiger partial charge on any atom is 0.123 e. The second-order valence-corrected chi connectivity index (χ2v) is 4.89. The molecule has 1 atom stereocenters. The van der Waals surface area contributed by atoms with Crippen molar-refractivity contribution < 1.29 is 4.39 Å². The lowest BCUT2D eigenvalue weighted by atomic mass is 9.91. The van der Waals surface area contributed by atoms with Gasteiger partial charge >= 0.3 is 0 Å². The highest BCUT2D eigenvalue weighted by Gasteiger charge is 2.17. The van der Waals surface area contributed by atoms with Crippen molar-refractivity contribution in [3.63, 3.8) is 0 Å². The van der Waals surface area contributed by atoms with Crippen molar-refractivity contribution in [3.05, 3.63) is 70.0 Å². The topological polar surface area (TPSA) is 38.0 Å². The number of halogens is 1. The predicted octanol–water partition coefficient (Wildman–Crippen LogP) is 3.30. The summed E-state index contributed by atoms with van der Waals surface area (Å²) in [6, 6.07) is 10.7. The van der Waals surface area contributed by atoms with Gasteiger partial charge in [-0.15, -0.1) is 0 Å². The molecular formula is C16H19FN2. The first-order valence-electron chi connectivity index (χ1n) is 6.33. The van der Waals surface area contributed by atoms with Crippen LogP contribution >= 0.6 is 0 Å². The second kappa shape index (κ2) is 5.51. The maximum absolute atomic E-state index is 13.5. The Labute approximate surface area is 113 Å². The van der Waals surface area contributed by atoms with Crippen molar-refractivity contribution in [2.75, 3.05) is 0 Å². The summed E-state index contributed by atoms with van der Waals surface area (Å²) < 4.78 is 13.5. The van der Waals surface area contributed by atoms with Crippen molar-refractivity contribution >= 4 is 0 Å². The van der Waals surface area contributed by atoms with E-state index >= 15 is 0 Å². The zero-order chi connectivity index (χ0) is 14.0. The van der Waals surface area contributed by atoms with Gasteiger partial charge in [-0.2, -0.15) is 0 Å². The Morgan fingerprint density at radius 2 is 1.74 bits per heavy atom. The summed E-state index contributed by atoms with van der Waals surface area (Å²) in [4.78, 5) is 0. The van der Waals surface area contributed by atoms with Crippen LogP contribution in [-0.4, -0.2) is 0 Å². The van der Waals surface area contributed by atoms with Crippen LogP contribution in [0.1, 0.15) is 33.9 Å². The van der Waals surface area contributed by atoms with Crippen LogP contribution in [0.25, 0.3) is 0 Å². The molecule has 0 spiro atoms. The first kappa shape index (κ1) is 13.7. The van der Waals surface area contributed by atoms with Crippen molar-refractivity contribution in [2.45, 2.75) is 26.8 Å². The van der Waals surface area contributed by atoms with E-state index in [-0.39, 0.29) is 11.9 Å². The van der Waals surface area contributed by atoms with Gasteiger partial charge < -0.3 is 0 Å². The number of benzene rings is 2. The Morgan fingerprint density at radius 3 is 2.42 bits per heavy atom. The highest BCUT2D eigenvalue weighted by molar-refractivity contribution is 5.43. The fraction of sp³-hybridized carbons (Fsp3) is 0.250. The molecule has 0 saturated carbocycles. The van der Waals surface area contributed by atoms with E-state index in [0.717, 1.165) is 16.7 Å². The van der Waals surface area contributed by atoms with Crippen LogP contribution in [0.4, 0.5) is 4.39 Å². The summed E-state index contributed by atoms with van der Waals surface area (Å²) in [5.41, 5.74) is 8.15. The Morgan fingerprint density at radius 1 is 1.00 bits per heavy atom. The molecule has 0 saturated heterocycles. The fourth-order valence-electron chi connectivity index (χ4n) is 2.36. The van der Waals surface area contributed by atoms with Crippen molar-refractivity contribution in [2.24, 2.45) is 5.84 Å². The number of aryl methyl sites for hydroxylation is 2. The molecule has 19 heavy (non-hydrogen) atoms. The molecule has 3 heteroatoms. The van der Waals surface area contributed by atoms with Gasteiger partial charge in [0.2, 0.25) is 0 Å². The van der Waals surface area contributed by atoms with Gasteiger partial charge in [0.1, 0.15) is 5.82 Å². The van der Waals surface area contributed by atoms with Crippen LogP contribution in [-0.2, 0) is 0 Å². The smallest absolute Gasteiger partial charge is 0.123 e. The summed E-state index contributed by atoms with van der Waals surface area (Å²) in [7, 11) is 0. The average molecular weight is 258 g/mol. The van der Waals surface area contributed by atoms with E-state index in [1.807, 2.05) is 19.1 Å². The number of nitrogens with two attached hydrogens (primary N) is 1. The minimum atomic E-state index is -0.244. The molecule has 100 valence electrons. The van der Waals surface area contributed by atoms with E-state index < -0.39 is 0 Å². The molecule has 2 rings (SSSR count). The van der Waals surface area contributed by atoms with Crippen LogP contribution in [0.5, 0.6) is 0 Å². The molecule has 3 N–H and O–H groups in total. The molecule has 0 aromatic heterocycles. The van der Waals surface area contributed by atoms with Gasteiger partial charge in [0.15, 0.2) is 0 Å². The molecule has 0 aliphatic heterocycles. The minimum Gasteiger partial charge on any atom is -0.271 e. The monoisotopic (exact) mass is 258 g/mol. The van der Waals surface area contributed by atoms with Gasteiger partial charge in [0.05, 0.1) is 6.04 Å². The molecule has 1 unspecified atom stereocenters. The summed E-state index contributed by atoms with van der Waals surface area (Å²) >= 11 is 0. The van der Waals surface area contributed by atoms with Crippen LogP contribution in [0, 0.1) is 26.6 Å². The van der Waals surface area contributed by atoms with E-state index in [1.165, 1.54) is 17.2 Å². The Hall–Kier alpha value is -1.71. The molecule has 0 amide bonds. The van der Waals surface area contributed by atoms with Gasteiger partial charge in [0.25, 0.3) is 0 Å². The first-order valence-corrected chi connectivity index (χ1v) is 6.33. The molecule has 2 aromatic rings. The maximum atomic E-state index is 13.5. The minimum absolute atomic E-state index is 0.199. The highest BCUT2D eigenvalue weighted by Crippen LogP contribution is 2.28. The fourth-order valence-corrected chi connectivity index (χ4v) is 2.36. The summed E-state index contributed by atoms with van der Waals surface area (Å²) in [6.07, 6.45) is 0. The lowest BCUT2D eigenvalue weighted by Gasteiger charge is -2.22. The third-order valence-electron chi connectivity index (χ3n) is 3.68. The van der Waals surface area contributed by atoms with E-state index in [2.05, 4.69) is 25.3 Å². The lowest BCUT2D eigenvalue weighted by molar-refractivity contribution is 0.601. The van der Waals surface area contributed by atoms with Gasteiger partial charge in [-0.3, -0.25) is 5.84 Å². The summed E-state index contributed by atoms with van der Waals surface area (Å²) in [5.74, 6) is 5.46. The third kappa shape index (κ3) is 2.67. The number of hydrogen-bond donors (Lipinski definition) is 2. The van der Waals surface area contributed by atoms with Gasteiger partial charge in [0, 0.05) is 0 Å². The quantitative estimate of drug-likeness (QED) is 0.655. The molecule has 0 aliphatic rings. The Bertz CT molecular complexity index is 591. The molecule has 2 aromatic carbocycles. The van der Waals surface area contributed by atoms with Crippen LogP contribution in [0.3, 0.4) is 0 Å². The van der Waals surface area contributed by atoms with Crippen LogP contribution in [0.2, 0.25) is 0 Å². The summed E-state index contributed by atoms with van der Waals surface area (Å²) in [5, 5.41) is 0. The average Bonchev–Trinajstić information content (AvgIpc) is 2.39. The SMILES string of the molecule is Cc1ccc(F)cc1C(NN)c1cccc(C)c1C. The third-order valence-corrected chi connectivity index (χ3v) is 3.68. The van der Waals surface area contributed by atoms with Crippen molar-refractivity contribution in [3.8, 4) is 0 Å². The molecule has 0 bridgehead atoms. The molecule has 2 nitrogen and oxygen atoms in total. The number of rotatable bonds is 3. The summed E-state index contributed by atoms with van der Waals surface area (Å²) in [6.45, 7) is 6.08. The normalized spacial score (nSPS) is 12.5. The van der Waals surface area contributed by atoms with E-state index in [4.69, 9.17) is 5.84 Å². The molecule has 0 fully saturated rings. The van der Waals surface area contributed by atoms with E-state index in [0.29, 0.717) is 0 Å². The Balaban J connectivity index is 2.56. The van der Waals surface area contributed by atoms with E-state index in [1.54, 1.807) is 12.1 Å². The van der Waals surface area contributed by atoms with Crippen molar-refractivity contribution in [1.82, 2.24) is 5.43 Å². The first-order chi connectivity index (χ1) is 9.04. The molecule has 0 radical (unpaired) electrons.